The van der Waals surface area contributed by atoms with Crippen LogP contribution in [-0.4, -0.2) is 61.7 Å². The number of amides is 2. The first-order valence-electron chi connectivity index (χ1n) is 9.43. The highest BCUT2D eigenvalue weighted by molar-refractivity contribution is 7.89. The molecule has 1 fully saturated rings. The van der Waals surface area contributed by atoms with E-state index in [1.807, 2.05) is 0 Å². The minimum Gasteiger partial charge on any atom is -0.479 e. The summed E-state index contributed by atoms with van der Waals surface area (Å²) in [5, 5.41) is 2.64. The van der Waals surface area contributed by atoms with Gasteiger partial charge in [0.05, 0.1) is 16.1 Å². The van der Waals surface area contributed by atoms with Crippen molar-refractivity contribution in [3.63, 3.8) is 0 Å². The number of ether oxygens (including phenoxy) is 1. The molecule has 2 aromatic rings. The van der Waals surface area contributed by atoms with E-state index >= 15 is 0 Å². The Kier molecular flexibility index (Phi) is 5.20. The van der Waals surface area contributed by atoms with E-state index in [-0.39, 0.29) is 42.5 Å². The summed E-state index contributed by atoms with van der Waals surface area (Å²) in [6.07, 6.45) is -0.653. The molecule has 1 saturated heterocycles. The lowest BCUT2D eigenvalue weighted by atomic mass is 10.1. The van der Waals surface area contributed by atoms with Crippen LogP contribution in [-0.2, 0) is 14.8 Å². The molecule has 1 atom stereocenters. The van der Waals surface area contributed by atoms with Crippen LogP contribution in [0.25, 0.3) is 0 Å². The monoisotopic (exact) mass is 433 g/mol. The molecule has 2 heterocycles. The highest BCUT2D eigenvalue weighted by Gasteiger charge is 2.32. The SMILES string of the molecule is CC1Oc2ccc(S(=O)(=O)N3CCN(C(=O)c4ccccc4F)CC3)cc2NC1=O. The van der Waals surface area contributed by atoms with Gasteiger partial charge in [0.15, 0.2) is 6.10 Å². The summed E-state index contributed by atoms with van der Waals surface area (Å²) < 4.78 is 46.7. The maximum absolute atomic E-state index is 13.9. The van der Waals surface area contributed by atoms with E-state index in [0.29, 0.717) is 11.4 Å². The van der Waals surface area contributed by atoms with E-state index in [2.05, 4.69) is 5.32 Å². The van der Waals surface area contributed by atoms with Gasteiger partial charge in [-0.3, -0.25) is 9.59 Å². The van der Waals surface area contributed by atoms with Crippen LogP contribution in [0.2, 0.25) is 0 Å². The molecule has 0 bridgehead atoms. The van der Waals surface area contributed by atoms with Crippen molar-refractivity contribution in [2.45, 2.75) is 17.9 Å². The van der Waals surface area contributed by atoms with Gasteiger partial charge >= 0.3 is 0 Å². The van der Waals surface area contributed by atoms with E-state index in [4.69, 9.17) is 4.74 Å². The van der Waals surface area contributed by atoms with Crippen molar-refractivity contribution in [2.75, 3.05) is 31.5 Å². The van der Waals surface area contributed by atoms with Gasteiger partial charge < -0.3 is 15.0 Å². The molecule has 2 aliphatic heterocycles. The fraction of sp³-hybridized carbons (Fsp3) is 0.300. The standard InChI is InChI=1S/C20H20FN3O5S/c1-13-19(25)22-17-12-14(6-7-18(17)29-13)30(27,28)24-10-8-23(9-11-24)20(26)15-4-2-3-5-16(15)21/h2-7,12-13H,8-11H2,1H3,(H,22,25). The number of piperazine rings is 1. The van der Waals surface area contributed by atoms with Gasteiger partial charge in [0.25, 0.3) is 11.8 Å². The molecule has 0 saturated carbocycles. The molecule has 1 unspecified atom stereocenters. The number of nitrogens with one attached hydrogen (secondary N) is 1. The maximum atomic E-state index is 13.9. The predicted molar refractivity (Wildman–Crippen MR) is 106 cm³/mol. The molecule has 0 aliphatic carbocycles. The first-order chi connectivity index (χ1) is 14.3. The van der Waals surface area contributed by atoms with Crippen LogP contribution in [0, 0.1) is 5.82 Å². The third-order valence-corrected chi connectivity index (χ3v) is 7.04. The van der Waals surface area contributed by atoms with Gasteiger partial charge in [0, 0.05) is 26.2 Å². The van der Waals surface area contributed by atoms with Crippen molar-refractivity contribution < 1.29 is 27.1 Å². The Hall–Kier alpha value is -2.98. The van der Waals surface area contributed by atoms with E-state index < -0.39 is 27.9 Å². The van der Waals surface area contributed by atoms with Crippen molar-refractivity contribution in [3.8, 4) is 5.75 Å². The Morgan fingerprint density at radius 2 is 1.83 bits per heavy atom. The van der Waals surface area contributed by atoms with Crippen LogP contribution in [0.1, 0.15) is 17.3 Å². The summed E-state index contributed by atoms with van der Waals surface area (Å²) >= 11 is 0. The topological polar surface area (TPSA) is 96.0 Å². The van der Waals surface area contributed by atoms with Gasteiger partial charge in [-0.05, 0) is 37.3 Å². The number of benzene rings is 2. The summed E-state index contributed by atoms with van der Waals surface area (Å²) in [6.45, 7) is 2.06. The van der Waals surface area contributed by atoms with E-state index in [1.165, 1.54) is 45.6 Å². The minimum atomic E-state index is -3.83. The molecular weight excluding hydrogens is 413 g/mol. The molecule has 0 spiro atoms. The molecule has 2 aliphatic rings. The van der Waals surface area contributed by atoms with Crippen LogP contribution < -0.4 is 10.1 Å². The Morgan fingerprint density at radius 1 is 1.13 bits per heavy atom. The number of nitrogens with zero attached hydrogens (tertiary/aromatic N) is 2. The highest BCUT2D eigenvalue weighted by Crippen LogP contribution is 2.33. The Morgan fingerprint density at radius 3 is 2.53 bits per heavy atom. The minimum absolute atomic E-state index is 0.0218. The molecule has 2 aromatic carbocycles. The van der Waals surface area contributed by atoms with Crippen LogP contribution >= 0.6 is 0 Å². The normalized spacial score (nSPS) is 19.6. The second kappa shape index (κ2) is 7.69. The van der Waals surface area contributed by atoms with E-state index in [9.17, 15) is 22.4 Å². The van der Waals surface area contributed by atoms with Crippen LogP contribution in [0.4, 0.5) is 10.1 Å². The molecule has 1 N–H and O–H groups in total. The van der Waals surface area contributed by atoms with E-state index in [0.717, 1.165) is 0 Å². The number of carbonyl (C=O) groups is 2. The van der Waals surface area contributed by atoms with Crippen LogP contribution in [0.3, 0.4) is 0 Å². The van der Waals surface area contributed by atoms with Crippen molar-refractivity contribution in [2.24, 2.45) is 0 Å². The van der Waals surface area contributed by atoms with Crippen molar-refractivity contribution in [1.29, 1.82) is 0 Å². The molecular formula is C20H20FN3O5S. The van der Waals surface area contributed by atoms with Crippen LogP contribution in [0.15, 0.2) is 47.4 Å². The molecule has 158 valence electrons. The van der Waals surface area contributed by atoms with Gasteiger partial charge in [-0.25, -0.2) is 12.8 Å². The summed E-state index contributed by atoms with van der Waals surface area (Å²) in [4.78, 5) is 25.8. The second-order valence-electron chi connectivity index (χ2n) is 7.08. The highest BCUT2D eigenvalue weighted by atomic mass is 32.2. The van der Waals surface area contributed by atoms with Gasteiger partial charge in [-0.1, -0.05) is 12.1 Å². The van der Waals surface area contributed by atoms with Crippen molar-refractivity contribution in [3.05, 3.63) is 53.8 Å². The number of rotatable bonds is 3. The average molecular weight is 433 g/mol. The third kappa shape index (κ3) is 3.63. The van der Waals surface area contributed by atoms with Gasteiger partial charge in [-0.2, -0.15) is 4.31 Å². The fourth-order valence-corrected chi connectivity index (χ4v) is 4.88. The van der Waals surface area contributed by atoms with Crippen molar-refractivity contribution >= 4 is 27.5 Å². The zero-order valence-electron chi connectivity index (χ0n) is 16.2. The largest absolute Gasteiger partial charge is 0.479 e. The molecule has 8 nitrogen and oxygen atoms in total. The second-order valence-corrected chi connectivity index (χ2v) is 9.02. The van der Waals surface area contributed by atoms with Crippen molar-refractivity contribution in [1.82, 2.24) is 9.21 Å². The lowest BCUT2D eigenvalue weighted by Crippen LogP contribution is -2.50. The van der Waals surface area contributed by atoms with E-state index in [1.54, 1.807) is 13.0 Å². The first kappa shape index (κ1) is 20.3. The predicted octanol–water partition coefficient (Wildman–Crippen LogP) is 1.69. The summed E-state index contributed by atoms with van der Waals surface area (Å²) in [5.41, 5.74) is 0.265. The number of hydrogen-bond acceptors (Lipinski definition) is 5. The molecule has 4 rings (SSSR count). The van der Waals surface area contributed by atoms with Gasteiger partial charge in [0.2, 0.25) is 10.0 Å². The number of anilines is 1. The third-order valence-electron chi connectivity index (χ3n) is 5.15. The molecule has 0 aromatic heterocycles. The summed E-state index contributed by atoms with van der Waals surface area (Å²) in [6, 6.07) is 10.0. The summed E-state index contributed by atoms with van der Waals surface area (Å²) in [7, 11) is -3.83. The number of sulfonamides is 1. The summed E-state index contributed by atoms with van der Waals surface area (Å²) in [5.74, 6) is -1.02. The quantitative estimate of drug-likeness (QED) is 0.795. The van der Waals surface area contributed by atoms with Crippen LogP contribution in [0.5, 0.6) is 5.75 Å². The zero-order chi connectivity index (χ0) is 21.5. The number of hydrogen-bond donors (Lipinski definition) is 1. The molecule has 30 heavy (non-hydrogen) atoms. The Bertz CT molecular complexity index is 1110. The van der Waals surface area contributed by atoms with Gasteiger partial charge in [0.1, 0.15) is 11.6 Å². The van der Waals surface area contributed by atoms with Gasteiger partial charge in [-0.15, -0.1) is 0 Å². The lowest BCUT2D eigenvalue weighted by Gasteiger charge is -2.34. The Labute approximate surface area is 173 Å². The zero-order valence-corrected chi connectivity index (χ0v) is 17.0. The Balaban J connectivity index is 1.48. The molecule has 10 heteroatoms. The lowest BCUT2D eigenvalue weighted by molar-refractivity contribution is -0.122. The maximum Gasteiger partial charge on any atom is 0.265 e. The first-order valence-corrected chi connectivity index (χ1v) is 10.9. The average Bonchev–Trinajstić information content (AvgIpc) is 2.74. The molecule has 2 amide bonds. The molecule has 0 radical (unpaired) electrons. The fourth-order valence-electron chi connectivity index (χ4n) is 3.43. The number of carbonyl (C=O) groups excluding carboxylic acids is 2. The number of halogens is 1. The smallest absolute Gasteiger partial charge is 0.265 e. The number of fused-ring (bicyclic) bond motifs is 1.